The maximum atomic E-state index is 12.5. The first-order valence-corrected chi connectivity index (χ1v) is 8.38. The molecule has 0 amide bonds. The van der Waals surface area contributed by atoms with E-state index in [4.69, 9.17) is 0 Å². The summed E-state index contributed by atoms with van der Waals surface area (Å²) < 4.78 is 27.6. The van der Waals surface area contributed by atoms with Crippen LogP contribution in [0.3, 0.4) is 0 Å². The lowest BCUT2D eigenvalue weighted by Crippen LogP contribution is -2.34. The van der Waals surface area contributed by atoms with E-state index in [1.165, 1.54) is 12.1 Å². The smallest absolute Gasteiger partial charge is 0.270 e. The summed E-state index contributed by atoms with van der Waals surface area (Å²) in [6, 6.07) is 3.66. The Morgan fingerprint density at radius 2 is 2.10 bits per heavy atom. The molecule has 2 N–H and O–H groups in total. The molecule has 1 unspecified atom stereocenters. The van der Waals surface area contributed by atoms with Gasteiger partial charge in [-0.3, -0.25) is 10.1 Å². The molecule has 7 nitrogen and oxygen atoms in total. The predicted molar refractivity (Wildman–Crippen MR) is 79.8 cm³/mol. The van der Waals surface area contributed by atoms with Gasteiger partial charge < -0.3 is 5.32 Å². The van der Waals surface area contributed by atoms with Crippen LogP contribution in [-0.4, -0.2) is 25.9 Å². The number of nitrogens with zero attached hydrogens (tertiary/aromatic N) is 1. The Labute approximate surface area is 123 Å². The van der Waals surface area contributed by atoms with Gasteiger partial charge in [-0.25, -0.2) is 13.1 Å². The molecule has 1 aliphatic carbocycles. The summed E-state index contributed by atoms with van der Waals surface area (Å²) in [7, 11) is -3.79. The van der Waals surface area contributed by atoms with Gasteiger partial charge in [-0.2, -0.15) is 0 Å². The zero-order chi connectivity index (χ0) is 15.6. The predicted octanol–water partition coefficient (Wildman–Crippen LogP) is 2.10. The standard InChI is InChI=1S/C13H19N3O4S/c1-3-14-12-7-6-11(16(17)18)8-13(12)21(19,20)15-9(2)10-4-5-10/h6-10,14-15H,3-5H2,1-2H3. The number of nitro groups is 1. The maximum absolute atomic E-state index is 12.5. The normalized spacial score (nSPS) is 16.5. The minimum atomic E-state index is -3.79. The van der Waals surface area contributed by atoms with E-state index in [-0.39, 0.29) is 16.6 Å². The molecule has 1 aromatic rings. The molecule has 0 heterocycles. The van der Waals surface area contributed by atoms with Crippen molar-refractivity contribution in [3.05, 3.63) is 28.3 Å². The van der Waals surface area contributed by atoms with E-state index in [0.29, 0.717) is 18.2 Å². The van der Waals surface area contributed by atoms with Gasteiger partial charge in [0.2, 0.25) is 10.0 Å². The Kier molecular flexibility index (Phi) is 4.48. The third kappa shape index (κ3) is 3.70. The lowest BCUT2D eigenvalue weighted by atomic mass is 10.2. The molecule has 8 heteroatoms. The highest BCUT2D eigenvalue weighted by Crippen LogP contribution is 2.34. The molecule has 21 heavy (non-hydrogen) atoms. The minimum absolute atomic E-state index is 0.0777. The Bertz CT molecular complexity index is 641. The van der Waals surface area contributed by atoms with Gasteiger partial charge in [-0.05, 0) is 38.7 Å². The molecular formula is C13H19N3O4S. The minimum Gasteiger partial charge on any atom is -0.384 e. The number of hydrogen-bond acceptors (Lipinski definition) is 5. The van der Waals surface area contributed by atoms with Crippen LogP contribution in [0.15, 0.2) is 23.1 Å². The van der Waals surface area contributed by atoms with Crippen LogP contribution in [0, 0.1) is 16.0 Å². The lowest BCUT2D eigenvalue weighted by Gasteiger charge is -2.16. The highest BCUT2D eigenvalue weighted by atomic mass is 32.2. The van der Waals surface area contributed by atoms with Crippen molar-refractivity contribution in [1.29, 1.82) is 0 Å². The van der Waals surface area contributed by atoms with E-state index < -0.39 is 14.9 Å². The highest BCUT2D eigenvalue weighted by molar-refractivity contribution is 7.89. The third-order valence-electron chi connectivity index (χ3n) is 3.50. The van der Waals surface area contributed by atoms with Gasteiger partial charge in [0.25, 0.3) is 5.69 Å². The molecule has 0 aliphatic heterocycles. The van der Waals surface area contributed by atoms with Crippen LogP contribution >= 0.6 is 0 Å². The Morgan fingerprint density at radius 3 is 2.62 bits per heavy atom. The summed E-state index contributed by atoms with van der Waals surface area (Å²) in [6.45, 7) is 4.18. The van der Waals surface area contributed by atoms with E-state index in [1.807, 2.05) is 13.8 Å². The number of nitrogens with one attached hydrogen (secondary N) is 2. The van der Waals surface area contributed by atoms with Crippen molar-refractivity contribution in [3.63, 3.8) is 0 Å². The molecule has 1 aliphatic rings. The van der Waals surface area contributed by atoms with Crippen LogP contribution in [0.25, 0.3) is 0 Å². The SMILES string of the molecule is CCNc1ccc([N+](=O)[O-])cc1S(=O)(=O)NC(C)C1CC1. The highest BCUT2D eigenvalue weighted by Gasteiger charge is 2.32. The zero-order valence-electron chi connectivity index (χ0n) is 12.0. The zero-order valence-corrected chi connectivity index (χ0v) is 12.8. The van der Waals surface area contributed by atoms with E-state index in [0.717, 1.165) is 18.9 Å². The van der Waals surface area contributed by atoms with Crippen LogP contribution in [-0.2, 0) is 10.0 Å². The summed E-state index contributed by atoms with van der Waals surface area (Å²) in [6.07, 6.45) is 2.03. The average Bonchev–Trinajstić information content (AvgIpc) is 3.22. The van der Waals surface area contributed by atoms with Gasteiger partial charge >= 0.3 is 0 Å². The molecule has 0 aromatic heterocycles. The molecule has 1 aromatic carbocycles. The van der Waals surface area contributed by atoms with Gasteiger partial charge in [0, 0.05) is 24.7 Å². The summed E-state index contributed by atoms with van der Waals surface area (Å²) in [5.74, 6) is 0.362. The maximum Gasteiger partial charge on any atom is 0.270 e. The molecule has 1 atom stereocenters. The van der Waals surface area contributed by atoms with Crippen molar-refractivity contribution in [1.82, 2.24) is 4.72 Å². The third-order valence-corrected chi connectivity index (χ3v) is 5.10. The largest absolute Gasteiger partial charge is 0.384 e. The first-order chi connectivity index (χ1) is 9.85. The lowest BCUT2D eigenvalue weighted by molar-refractivity contribution is -0.385. The number of nitro benzene ring substituents is 1. The van der Waals surface area contributed by atoms with Crippen LogP contribution < -0.4 is 10.0 Å². The Morgan fingerprint density at radius 1 is 1.43 bits per heavy atom. The second kappa shape index (κ2) is 5.98. The molecule has 0 saturated heterocycles. The molecule has 1 saturated carbocycles. The van der Waals surface area contributed by atoms with E-state index in [1.54, 1.807) is 0 Å². The van der Waals surface area contributed by atoms with Gasteiger partial charge in [0.15, 0.2) is 0 Å². The summed E-state index contributed by atoms with van der Waals surface area (Å²) in [5.41, 5.74) is 0.134. The number of non-ortho nitro benzene ring substituents is 1. The number of rotatable bonds is 7. The van der Waals surface area contributed by atoms with Crippen molar-refractivity contribution in [2.45, 2.75) is 37.6 Å². The van der Waals surface area contributed by atoms with Crippen LogP contribution in [0.1, 0.15) is 26.7 Å². The summed E-state index contributed by atoms with van der Waals surface area (Å²) >= 11 is 0. The molecule has 1 fully saturated rings. The fourth-order valence-electron chi connectivity index (χ4n) is 2.18. The fourth-order valence-corrected chi connectivity index (χ4v) is 3.70. The molecule has 0 bridgehead atoms. The van der Waals surface area contributed by atoms with Gasteiger partial charge in [0.1, 0.15) is 4.90 Å². The number of sulfonamides is 1. The Hall–Kier alpha value is -1.67. The van der Waals surface area contributed by atoms with Crippen LogP contribution in [0.2, 0.25) is 0 Å². The quantitative estimate of drug-likeness (QED) is 0.593. The topological polar surface area (TPSA) is 101 Å². The first-order valence-electron chi connectivity index (χ1n) is 6.89. The number of anilines is 1. The van der Waals surface area contributed by atoms with Crippen molar-refractivity contribution in [2.24, 2.45) is 5.92 Å². The van der Waals surface area contributed by atoms with Crippen molar-refractivity contribution in [2.75, 3.05) is 11.9 Å². The number of benzene rings is 1. The van der Waals surface area contributed by atoms with Crippen molar-refractivity contribution >= 4 is 21.4 Å². The van der Waals surface area contributed by atoms with Crippen LogP contribution in [0.4, 0.5) is 11.4 Å². The van der Waals surface area contributed by atoms with Gasteiger partial charge in [-0.1, -0.05) is 0 Å². The van der Waals surface area contributed by atoms with Crippen molar-refractivity contribution in [3.8, 4) is 0 Å². The van der Waals surface area contributed by atoms with Crippen molar-refractivity contribution < 1.29 is 13.3 Å². The monoisotopic (exact) mass is 313 g/mol. The second-order valence-electron chi connectivity index (χ2n) is 5.22. The fraction of sp³-hybridized carbons (Fsp3) is 0.538. The first kappa shape index (κ1) is 15.7. The number of hydrogen-bond donors (Lipinski definition) is 2. The van der Waals surface area contributed by atoms with Crippen LogP contribution in [0.5, 0.6) is 0 Å². The summed E-state index contributed by atoms with van der Waals surface area (Å²) in [5, 5.41) is 13.8. The molecular weight excluding hydrogens is 294 g/mol. The van der Waals surface area contributed by atoms with Gasteiger partial charge in [-0.15, -0.1) is 0 Å². The molecule has 116 valence electrons. The summed E-state index contributed by atoms with van der Waals surface area (Å²) in [4.78, 5) is 10.2. The van der Waals surface area contributed by atoms with Gasteiger partial charge in [0.05, 0.1) is 10.6 Å². The van der Waals surface area contributed by atoms with E-state index in [2.05, 4.69) is 10.0 Å². The molecule has 0 radical (unpaired) electrons. The molecule has 0 spiro atoms. The Balaban J connectivity index is 2.37. The molecule has 2 rings (SSSR count). The van der Waals surface area contributed by atoms with E-state index in [9.17, 15) is 18.5 Å². The van der Waals surface area contributed by atoms with E-state index >= 15 is 0 Å². The average molecular weight is 313 g/mol. The second-order valence-corrected chi connectivity index (χ2v) is 6.90.